The summed E-state index contributed by atoms with van der Waals surface area (Å²) in [6.07, 6.45) is 8.13. The van der Waals surface area contributed by atoms with E-state index in [4.69, 9.17) is 10.5 Å². The molecule has 25 heavy (non-hydrogen) atoms. The summed E-state index contributed by atoms with van der Waals surface area (Å²) in [4.78, 5) is 15.8. The monoisotopic (exact) mass is 335 g/mol. The molecule has 5 heteroatoms. The molecule has 0 aliphatic carbocycles. The maximum atomic E-state index is 11.7. The van der Waals surface area contributed by atoms with Gasteiger partial charge in [0.25, 0.3) is 0 Å². The topological polar surface area (TPSA) is 70.1 Å². The Kier molecular flexibility index (Phi) is 5.14. The molecule has 2 N–H and O–H groups in total. The first-order valence-electron chi connectivity index (χ1n) is 8.37. The Hall–Kier alpha value is -3.08. The van der Waals surface area contributed by atoms with Crippen LogP contribution in [0.25, 0.3) is 5.69 Å². The smallest absolute Gasteiger partial charge is 0.249 e. The SMILES string of the molecule is CCCCc1c(Oc2ccc(-n3ccnc3)cc2)cccc1C(N)=O. The van der Waals surface area contributed by atoms with Gasteiger partial charge in [0, 0.05) is 29.2 Å². The van der Waals surface area contributed by atoms with Crippen molar-refractivity contribution in [3.8, 4) is 17.2 Å². The summed E-state index contributed by atoms with van der Waals surface area (Å²) in [5, 5.41) is 0. The molecule has 3 aromatic rings. The second-order valence-corrected chi connectivity index (χ2v) is 5.82. The molecule has 0 saturated carbocycles. The highest BCUT2D eigenvalue weighted by Gasteiger charge is 2.14. The number of hydrogen-bond acceptors (Lipinski definition) is 3. The Morgan fingerprint density at radius 3 is 2.64 bits per heavy atom. The van der Waals surface area contributed by atoms with Crippen LogP contribution in [0.15, 0.2) is 61.2 Å². The second-order valence-electron chi connectivity index (χ2n) is 5.82. The number of aromatic nitrogens is 2. The minimum Gasteiger partial charge on any atom is -0.457 e. The van der Waals surface area contributed by atoms with Crippen LogP contribution < -0.4 is 10.5 Å². The summed E-state index contributed by atoms with van der Waals surface area (Å²) >= 11 is 0. The van der Waals surface area contributed by atoms with E-state index >= 15 is 0 Å². The highest BCUT2D eigenvalue weighted by Crippen LogP contribution is 2.29. The molecule has 128 valence electrons. The number of primary amides is 1. The van der Waals surface area contributed by atoms with Gasteiger partial charge in [0.2, 0.25) is 5.91 Å². The van der Waals surface area contributed by atoms with Gasteiger partial charge in [0.15, 0.2) is 0 Å². The van der Waals surface area contributed by atoms with Crippen LogP contribution in [0.4, 0.5) is 0 Å². The second kappa shape index (κ2) is 7.66. The number of carbonyl (C=O) groups is 1. The Morgan fingerprint density at radius 2 is 2.00 bits per heavy atom. The van der Waals surface area contributed by atoms with Gasteiger partial charge < -0.3 is 15.0 Å². The molecule has 0 radical (unpaired) electrons. The van der Waals surface area contributed by atoms with Crippen LogP contribution in [-0.4, -0.2) is 15.5 Å². The number of carbonyl (C=O) groups excluding carboxylic acids is 1. The fourth-order valence-corrected chi connectivity index (χ4v) is 2.73. The molecule has 1 amide bonds. The Morgan fingerprint density at radius 1 is 1.20 bits per heavy atom. The molecule has 0 fully saturated rings. The molecule has 0 saturated heterocycles. The number of rotatable bonds is 7. The van der Waals surface area contributed by atoms with Crippen molar-refractivity contribution in [2.24, 2.45) is 5.73 Å². The van der Waals surface area contributed by atoms with Crippen molar-refractivity contribution in [1.82, 2.24) is 9.55 Å². The molecule has 3 rings (SSSR count). The number of imidazole rings is 1. The zero-order valence-corrected chi connectivity index (χ0v) is 14.2. The van der Waals surface area contributed by atoms with Crippen LogP contribution in [0.2, 0.25) is 0 Å². The number of benzene rings is 2. The average Bonchev–Trinajstić information content (AvgIpc) is 3.15. The van der Waals surface area contributed by atoms with Crippen molar-refractivity contribution in [2.45, 2.75) is 26.2 Å². The summed E-state index contributed by atoms with van der Waals surface area (Å²) in [7, 11) is 0. The fourth-order valence-electron chi connectivity index (χ4n) is 2.73. The quantitative estimate of drug-likeness (QED) is 0.706. The first-order chi connectivity index (χ1) is 12.2. The molecular weight excluding hydrogens is 314 g/mol. The van der Waals surface area contributed by atoms with E-state index in [2.05, 4.69) is 11.9 Å². The van der Waals surface area contributed by atoms with E-state index in [1.54, 1.807) is 24.7 Å². The van der Waals surface area contributed by atoms with Crippen molar-refractivity contribution in [2.75, 3.05) is 0 Å². The zero-order chi connectivity index (χ0) is 17.6. The van der Waals surface area contributed by atoms with Gasteiger partial charge in [-0.1, -0.05) is 19.4 Å². The van der Waals surface area contributed by atoms with Crippen molar-refractivity contribution in [3.05, 3.63) is 72.3 Å². The lowest BCUT2D eigenvalue weighted by Gasteiger charge is -2.14. The van der Waals surface area contributed by atoms with Crippen LogP contribution in [0, 0.1) is 0 Å². The minimum absolute atomic E-state index is 0.424. The van der Waals surface area contributed by atoms with Crippen LogP contribution in [-0.2, 0) is 6.42 Å². The molecule has 5 nitrogen and oxygen atoms in total. The Labute approximate surface area is 147 Å². The van der Waals surface area contributed by atoms with Gasteiger partial charge in [-0.15, -0.1) is 0 Å². The summed E-state index contributed by atoms with van der Waals surface area (Å²) in [5.74, 6) is 0.968. The van der Waals surface area contributed by atoms with Crippen LogP contribution in [0.1, 0.15) is 35.7 Å². The lowest BCUT2D eigenvalue weighted by atomic mass is 10.0. The molecule has 0 atom stereocenters. The average molecular weight is 335 g/mol. The van der Waals surface area contributed by atoms with E-state index in [1.807, 2.05) is 41.1 Å². The molecule has 0 spiro atoms. The number of ether oxygens (including phenoxy) is 1. The predicted octanol–water partition coefficient (Wildman–Crippen LogP) is 4.11. The number of nitrogens with zero attached hydrogens (tertiary/aromatic N) is 2. The highest BCUT2D eigenvalue weighted by molar-refractivity contribution is 5.95. The maximum Gasteiger partial charge on any atom is 0.249 e. The van der Waals surface area contributed by atoms with Crippen molar-refractivity contribution in [1.29, 1.82) is 0 Å². The van der Waals surface area contributed by atoms with E-state index < -0.39 is 5.91 Å². The molecule has 0 aliphatic rings. The summed E-state index contributed by atoms with van der Waals surface area (Å²) in [6, 6.07) is 13.1. The Bertz CT molecular complexity index is 840. The van der Waals surface area contributed by atoms with Crippen molar-refractivity contribution >= 4 is 5.91 Å². The predicted molar refractivity (Wildman–Crippen MR) is 97.2 cm³/mol. The maximum absolute atomic E-state index is 11.7. The highest BCUT2D eigenvalue weighted by atomic mass is 16.5. The van der Waals surface area contributed by atoms with E-state index in [1.165, 1.54) is 0 Å². The lowest BCUT2D eigenvalue weighted by molar-refractivity contribution is 0.0999. The van der Waals surface area contributed by atoms with Gasteiger partial charge in [-0.25, -0.2) is 4.98 Å². The van der Waals surface area contributed by atoms with Crippen LogP contribution in [0.3, 0.4) is 0 Å². The summed E-state index contributed by atoms with van der Waals surface area (Å²) in [5.41, 5.74) is 7.92. The van der Waals surface area contributed by atoms with Gasteiger partial charge in [-0.2, -0.15) is 0 Å². The van der Waals surface area contributed by atoms with Crippen molar-refractivity contribution < 1.29 is 9.53 Å². The molecule has 0 bridgehead atoms. The third-order valence-corrected chi connectivity index (χ3v) is 4.05. The number of amides is 1. The van der Waals surface area contributed by atoms with Crippen LogP contribution >= 0.6 is 0 Å². The molecule has 2 aromatic carbocycles. The first-order valence-corrected chi connectivity index (χ1v) is 8.37. The zero-order valence-electron chi connectivity index (χ0n) is 14.2. The Balaban J connectivity index is 1.86. The normalized spacial score (nSPS) is 10.6. The number of hydrogen-bond donors (Lipinski definition) is 1. The number of nitrogens with two attached hydrogens (primary N) is 1. The largest absolute Gasteiger partial charge is 0.457 e. The summed E-state index contributed by atoms with van der Waals surface area (Å²) < 4.78 is 7.96. The molecular formula is C20H21N3O2. The van der Waals surface area contributed by atoms with E-state index in [0.29, 0.717) is 17.1 Å². The molecule has 0 unspecified atom stereocenters. The van der Waals surface area contributed by atoms with Gasteiger partial charge in [-0.05, 0) is 49.2 Å². The van der Waals surface area contributed by atoms with E-state index in [0.717, 1.165) is 30.5 Å². The standard InChI is InChI=1S/C20H21N3O2/c1-2-3-5-17-18(20(21)24)6-4-7-19(17)25-16-10-8-15(9-11-16)23-13-12-22-14-23/h4,6-14H,2-3,5H2,1H3,(H2,21,24). The van der Waals surface area contributed by atoms with Crippen molar-refractivity contribution in [3.63, 3.8) is 0 Å². The van der Waals surface area contributed by atoms with Gasteiger partial charge in [-0.3, -0.25) is 4.79 Å². The molecule has 0 aliphatic heterocycles. The van der Waals surface area contributed by atoms with E-state index in [-0.39, 0.29) is 0 Å². The van der Waals surface area contributed by atoms with Gasteiger partial charge >= 0.3 is 0 Å². The van der Waals surface area contributed by atoms with Gasteiger partial charge in [0.05, 0.1) is 6.33 Å². The third kappa shape index (κ3) is 3.88. The summed E-state index contributed by atoms with van der Waals surface area (Å²) in [6.45, 7) is 2.11. The fraction of sp³-hybridized carbons (Fsp3) is 0.200. The first kappa shape index (κ1) is 16.8. The van der Waals surface area contributed by atoms with Crippen LogP contribution in [0.5, 0.6) is 11.5 Å². The van der Waals surface area contributed by atoms with E-state index in [9.17, 15) is 4.79 Å². The van der Waals surface area contributed by atoms with Gasteiger partial charge in [0.1, 0.15) is 11.5 Å². The lowest BCUT2D eigenvalue weighted by Crippen LogP contribution is -2.14. The minimum atomic E-state index is -0.424. The molecule has 1 aromatic heterocycles. The molecule has 1 heterocycles. The third-order valence-electron chi connectivity index (χ3n) is 4.05. The number of unbranched alkanes of at least 4 members (excludes halogenated alkanes) is 1.